The average Bonchev–Trinajstić information content (AvgIpc) is 2.40. The molecule has 0 unspecified atom stereocenters. The first-order valence-corrected chi connectivity index (χ1v) is 6.65. The lowest BCUT2D eigenvalue weighted by Gasteiger charge is -2.43. The number of hydrogen-bond donors (Lipinski definition) is 1. The number of nitrogens with one attached hydrogen (secondary N) is 1. The van der Waals surface area contributed by atoms with Gasteiger partial charge in [-0.1, -0.05) is 19.9 Å². The molecule has 3 heteroatoms. The fourth-order valence-corrected chi connectivity index (χ4v) is 2.62. The summed E-state index contributed by atoms with van der Waals surface area (Å²) in [6, 6.07) is 6.16. The molecule has 1 saturated heterocycles. The number of aromatic nitrogens is 1. The highest BCUT2D eigenvalue weighted by molar-refractivity contribution is 5.04. The van der Waals surface area contributed by atoms with Crippen LogP contribution in [-0.4, -0.2) is 35.1 Å². The second kappa shape index (κ2) is 5.61. The Morgan fingerprint density at radius 1 is 1.35 bits per heavy atom. The van der Waals surface area contributed by atoms with Crippen molar-refractivity contribution in [1.29, 1.82) is 0 Å². The molecular formula is C14H23N3. The second-order valence-electron chi connectivity index (χ2n) is 4.95. The van der Waals surface area contributed by atoms with E-state index in [4.69, 9.17) is 0 Å². The highest BCUT2D eigenvalue weighted by Gasteiger charge is 2.31. The Morgan fingerprint density at radius 2 is 2.18 bits per heavy atom. The van der Waals surface area contributed by atoms with Crippen molar-refractivity contribution >= 4 is 0 Å². The van der Waals surface area contributed by atoms with Gasteiger partial charge in [0.15, 0.2) is 0 Å². The lowest BCUT2D eigenvalue weighted by atomic mass is 9.90. The molecule has 2 heterocycles. The van der Waals surface area contributed by atoms with Crippen molar-refractivity contribution in [3.63, 3.8) is 0 Å². The van der Waals surface area contributed by atoms with Gasteiger partial charge >= 0.3 is 0 Å². The molecule has 94 valence electrons. The summed E-state index contributed by atoms with van der Waals surface area (Å²) in [6.45, 7) is 8.88. The zero-order valence-corrected chi connectivity index (χ0v) is 10.9. The van der Waals surface area contributed by atoms with Crippen molar-refractivity contribution < 1.29 is 0 Å². The Labute approximate surface area is 104 Å². The number of hydrogen-bond acceptors (Lipinski definition) is 3. The molecule has 1 aliphatic rings. The summed E-state index contributed by atoms with van der Waals surface area (Å²) >= 11 is 0. The molecule has 1 aromatic heterocycles. The van der Waals surface area contributed by atoms with Crippen LogP contribution in [0.15, 0.2) is 24.4 Å². The highest BCUT2D eigenvalue weighted by atomic mass is 15.2. The van der Waals surface area contributed by atoms with Gasteiger partial charge in [0.2, 0.25) is 0 Å². The van der Waals surface area contributed by atoms with E-state index < -0.39 is 0 Å². The lowest BCUT2D eigenvalue weighted by Crippen LogP contribution is -2.59. The zero-order chi connectivity index (χ0) is 12.1. The van der Waals surface area contributed by atoms with E-state index in [0.717, 1.165) is 26.2 Å². The van der Waals surface area contributed by atoms with Crippen LogP contribution in [0, 0.1) is 0 Å². The van der Waals surface area contributed by atoms with Crippen LogP contribution in [0.4, 0.5) is 0 Å². The molecule has 0 amide bonds. The maximum Gasteiger partial charge on any atom is 0.0543 e. The van der Waals surface area contributed by atoms with Crippen molar-refractivity contribution in [2.45, 2.75) is 38.8 Å². The normalized spacial score (nSPS) is 20.4. The molecule has 0 saturated carbocycles. The summed E-state index contributed by atoms with van der Waals surface area (Å²) in [4.78, 5) is 6.93. The predicted octanol–water partition coefficient (Wildman–Crippen LogP) is 2.05. The molecule has 0 bridgehead atoms. The van der Waals surface area contributed by atoms with Gasteiger partial charge in [-0.15, -0.1) is 0 Å². The molecule has 1 aliphatic heterocycles. The molecule has 3 nitrogen and oxygen atoms in total. The van der Waals surface area contributed by atoms with Gasteiger partial charge in [-0.3, -0.25) is 9.88 Å². The molecule has 17 heavy (non-hydrogen) atoms. The third-order valence-corrected chi connectivity index (χ3v) is 3.92. The monoisotopic (exact) mass is 233 g/mol. The van der Waals surface area contributed by atoms with Crippen LogP contribution in [0.25, 0.3) is 0 Å². The van der Waals surface area contributed by atoms with Gasteiger partial charge in [0.25, 0.3) is 0 Å². The Kier molecular flexibility index (Phi) is 4.13. The van der Waals surface area contributed by atoms with Crippen molar-refractivity contribution in [2.24, 2.45) is 0 Å². The lowest BCUT2D eigenvalue weighted by molar-refractivity contribution is 0.117. The summed E-state index contributed by atoms with van der Waals surface area (Å²) in [7, 11) is 0. The second-order valence-corrected chi connectivity index (χ2v) is 4.95. The van der Waals surface area contributed by atoms with E-state index in [1.165, 1.54) is 18.5 Å². The number of piperazine rings is 1. The summed E-state index contributed by atoms with van der Waals surface area (Å²) in [5.74, 6) is 0. The molecule has 0 aromatic carbocycles. The Bertz CT molecular complexity index is 333. The molecule has 0 radical (unpaired) electrons. The van der Waals surface area contributed by atoms with Crippen LogP contribution >= 0.6 is 0 Å². The Balaban J connectivity index is 1.98. The summed E-state index contributed by atoms with van der Waals surface area (Å²) in [5, 5.41) is 3.69. The minimum atomic E-state index is 0.313. The first-order valence-electron chi connectivity index (χ1n) is 6.65. The molecular weight excluding hydrogens is 210 g/mol. The van der Waals surface area contributed by atoms with Crippen LogP contribution in [0.3, 0.4) is 0 Å². The summed E-state index contributed by atoms with van der Waals surface area (Å²) in [5.41, 5.74) is 1.49. The number of rotatable bonds is 4. The average molecular weight is 233 g/mol. The summed E-state index contributed by atoms with van der Waals surface area (Å²) < 4.78 is 0. The van der Waals surface area contributed by atoms with Gasteiger partial charge in [-0.2, -0.15) is 0 Å². The van der Waals surface area contributed by atoms with Crippen molar-refractivity contribution in [1.82, 2.24) is 15.2 Å². The van der Waals surface area contributed by atoms with Crippen molar-refractivity contribution in [2.75, 3.05) is 19.6 Å². The Morgan fingerprint density at radius 3 is 2.82 bits per heavy atom. The van der Waals surface area contributed by atoms with Crippen molar-refractivity contribution in [3.05, 3.63) is 30.1 Å². The van der Waals surface area contributed by atoms with Gasteiger partial charge in [0, 0.05) is 37.9 Å². The highest BCUT2D eigenvalue weighted by Crippen LogP contribution is 2.20. The topological polar surface area (TPSA) is 28.2 Å². The van der Waals surface area contributed by atoms with Gasteiger partial charge in [-0.25, -0.2) is 0 Å². The number of nitrogens with zero attached hydrogens (tertiary/aromatic N) is 2. The Hall–Kier alpha value is -0.930. The SMILES string of the molecule is CCC1(CC)CN(Cc2ccccn2)CCN1. The largest absolute Gasteiger partial charge is 0.309 e. The molecule has 0 spiro atoms. The number of pyridine rings is 1. The minimum absolute atomic E-state index is 0.313. The smallest absolute Gasteiger partial charge is 0.0543 e. The molecule has 0 aliphatic carbocycles. The molecule has 1 aromatic rings. The van der Waals surface area contributed by atoms with E-state index in [2.05, 4.69) is 41.2 Å². The van der Waals surface area contributed by atoms with E-state index in [1.807, 2.05) is 12.3 Å². The third-order valence-electron chi connectivity index (χ3n) is 3.92. The van der Waals surface area contributed by atoms with E-state index in [-0.39, 0.29) is 0 Å². The molecule has 1 N–H and O–H groups in total. The van der Waals surface area contributed by atoms with E-state index >= 15 is 0 Å². The van der Waals surface area contributed by atoms with E-state index in [9.17, 15) is 0 Å². The fraction of sp³-hybridized carbons (Fsp3) is 0.643. The predicted molar refractivity (Wildman–Crippen MR) is 70.8 cm³/mol. The maximum absolute atomic E-state index is 4.41. The minimum Gasteiger partial charge on any atom is -0.309 e. The first-order chi connectivity index (χ1) is 8.28. The molecule has 0 atom stereocenters. The van der Waals surface area contributed by atoms with Crippen LogP contribution in [-0.2, 0) is 6.54 Å². The van der Waals surface area contributed by atoms with Crippen LogP contribution in [0.5, 0.6) is 0 Å². The molecule has 1 fully saturated rings. The van der Waals surface area contributed by atoms with Crippen molar-refractivity contribution in [3.8, 4) is 0 Å². The van der Waals surface area contributed by atoms with E-state index in [0.29, 0.717) is 5.54 Å². The van der Waals surface area contributed by atoms with Crippen LogP contribution in [0.2, 0.25) is 0 Å². The fourth-order valence-electron chi connectivity index (χ4n) is 2.62. The van der Waals surface area contributed by atoms with Gasteiger partial charge < -0.3 is 5.32 Å². The van der Waals surface area contributed by atoms with E-state index in [1.54, 1.807) is 0 Å². The quantitative estimate of drug-likeness (QED) is 0.862. The third kappa shape index (κ3) is 3.05. The van der Waals surface area contributed by atoms with Gasteiger partial charge in [0.1, 0.15) is 0 Å². The van der Waals surface area contributed by atoms with Gasteiger partial charge in [0.05, 0.1) is 5.69 Å². The first kappa shape index (κ1) is 12.5. The van der Waals surface area contributed by atoms with Crippen LogP contribution < -0.4 is 5.32 Å². The maximum atomic E-state index is 4.41. The van der Waals surface area contributed by atoms with Crippen LogP contribution in [0.1, 0.15) is 32.4 Å². The molecule has 2 rings (SSSR count). The summed E-state index contributed by atoms with van der Waals surface area (Å²) in [6.07, 6.45) is 4.27. The van der Waals surface area contributed by atoms with Gasteiger partial charge in [-0.05, 0) is 25.0 Å². The standard InChI is InChI=1S/C14H23N3/c1-3-14(4-2)12-17(10-9-16-14)11-13-7-5-6-8-15-13/h5-8,16H,3-4,9-12H2,1-2H3. The zero-order valence-electron chi connectivity index (χ0n) is 10.9.